The Kier molecular flexibility index (Phi) is 4.00. The first kappa shape index (κ1) is 13.9. The Hall–Kier alpha value is -0.570. The second-order valence-electron chi connectivity index (χ2n) is 6.69. The molecule has 0 amide bonds. The Bertz CT molecular complexity index is 450. The lowest BCUT2D eigenvalue weighted by Crippen LogP contribution is -2.25. The third kappa shape index (κ3) is 2.71. The van der Waals surface area contributed by atoms with Gasteiger partial charge in [0.1, 0.15) is 0 Å². The second kappa shape index (κ2) is 5.20. The van der Waals surface area contributed by atoms with Crippen molar-refractivity contribution in [3.8, 4) is 0 Å². The molecule has 1 heterocycles. The maximum atomic E-state index is 5.50. The summed E-state index contributed by atoms with van der Waals surface area (Å²) in [6, 6.07) is 0.608. The van der Waals surface area contributed by atoms with E-state index in [0.717, 1.165) is 10.7 Å². The van der Waals surface area contributed by atoms with Crippen LogP contribution >= 0.6 is 12.2 Å². The number of hydrogen-bond acceptors (Lipinski definition) is 1. The average molecular weight is 266 g/mol. The number of aromatic nitrogens is 2. The highest BCUT2D eigenvalue weighted by atomic mass is 32.1. The van der Waals surface area contributed by atoms with Crippen molar-refractivity contribution in [3.63, 3.8) is 0 Å². The maximum Gasteiger partial charge on any atom is 0.177 e. The Labute approximate surface area is 116 Å². The van der Waals surface area contributed by atoms with Gasteiger partial charge in [0, 0.05) is 23.3 Å². The lowest BCUT2D eigenvalue weighted by Gasteiger charge is -2.33. The van der Waals surface area contributed by atoms with E-state index in [0.29, 0.717) is 6.04 Å². The first-order valence-corrected chi connectivity index (χ1v) is 7.64. The van der Waals surface area contributed by atoms with Crippen LogP contribution < -0.4 is 0 Å². The molecule has 0 aromatic carbocycles. The zero-order chi connectivity index (χ0) is 13.3. The lowest BCUT2D eigenvalue weighted by atomic mass is 9.83. The summed E-state index contributed by atoms with van der Waals surface area (Å²) in [5, 5.41) is 0. The molecule has 2 rings (SSSR count). The summed E-state index contributed by atoms with van der Waals surface area (Å²) in [5.41, 5.74) is 1.52. The number of imidazole rings is 1. The normalized spacial score (nSPS) is 25.3. The van der Waals surface area contributed by atoms with Crippen molar-refractivity contribution in [2.45, 2.75) is 71.3 Å². The highest BCUT2D eigenvalue weighted by Crippen LogP contribution is 2.37. The van der Waals surface area contributed by atoms with Crippen molar-refractivity contribution in [2.75, 3.05) is 0 Å². The molecule has 1 saturated carbocycles. The minimum Gasteiger partial charge on any atom is -0.337 e. The Morgan fingerprint density at radius 2 is 2.11 bits per heavy atom. The smallest absolute Gasteiger partial charge is 0.177 e. The van der Waals surface area contributed by atoms with Crippen molar-refractivity contribution in [1.29, 1.82) is 0 Å². The van der Waals surface area contributed by atoms with E-state index < -0.39 is 0 Å². The summed E-state index contributed by atoms with van der Waals surface area (Å²) < 4.78 is 3.30. The van der Waals surface area contributed by atoms with Crippen molar-refractivity contribution in [1.82, 2.24) is 9.55 Å². The van der Waals surface area contributed by atoms with Crippen LogP contribution in [0, 0.1) is 10.7 Å². The van der Waals surface area contributed by atoms with Gasteiger partial charge in [0.2, 0.25) is 0 Å². The number of nitrogens with one attached hydrogen (secondary N) is 1. The van der Waals surface area contributed by atoms with Crippen molar-refractivity contribution in [3.05, 3.63) is 16.7 Å². The van der Waals surface area contributed by atoms with E-state index >= 15 is 0 Å². The highest BCUT2D eigenvalue weighted by molar-refractivity contribution is 7.71. The van der Waals surface area contributed by atoms with Gasteiger partial charge < -0.3 is 9.55 Å². The maximum absolute atomic E-state index is 5.50. The molecule has 102 valence electrons. The second-order valence-corrected chi connectivity index (χ2v) is 7.08. The van der Waals surface area contributed by atoms with E-state index in [9.17, 15) is 0 Å². The summed E-state index contributed by atoms with van der Waals surface area (Å²) in [7, 11) is 0. The zero-order valence-corrected chi connectivity index (χ0v) is 12.9. The molecule has 1 aliphatic rings. The topological polar surface area (TPSA) is 20.7 Å². The zero-order valence-electron chi connectivity index (χ0n) is 12.1. The molecule has 1 aliphatic carbocycles. The number of hydrogen-bond donors (Lipinski definition) is 1. The summed E-state index contributed by atoms with van der Waals surface area (Å²) in [4.78, 5) is 3.25. The molecule has 1 aromatic heterocycles. The molecule has 0 saturated heterocycles. The SMILES string of the molecule is CCC1CCCC(n2c(C(C)(C)C)c[nH]c2=S)C1. The minimum absolute atomic E-state index is 0.159. The molecule has 1 N–H and O–H groups in total. The van der Waals surface area contributed by atoms with E-state index in [1.165, 1.54) is 37.8 Å². The molecule has 2 nitrogen and oxygen atoms in total. The molecule has 18 heavy (non-hydrogen) atoms. The van der Waals surface area contributed by atoms with Gasteiger partial charge in [-0.05, 0) is 31.0 Å². The van der Waals surface area contributed by atoms with Gasteiger partial charge in [0.15, 0.2) is 4.77 Å². The van der Waals surface area contributed by atoms with Crippen molar-refractivity contribution < 1.29 is 0 Å². The molecule has 2 unspecified atom stereocenters. The number of nitrogens with zero attached hydrogens (tertiary/aromatic N) is 1. The van der Waals surface area contributed by atoms with E-state index in [2.05, 4.69) is 43.4 Å². The van der Waals surface area contributed by atoms with Crippen LogP contribution in [0.25, 0.3) is 0 Å². The quantitative estimate of drug-likeness (QED) is 0.748. The fourth-order valence-electron chi connectivity index (χ4n) is 3.19. The van der Waals surface area contributed by atoms with Gasteiger partial charge in [-0.1, -0.05) is 47.0 Å². The first-order chi connectivity index (χ1) is 8.43. The molecule has 0 radical (unpaired) electrons. The van der Waals surface area contributed by atoms with Crippen LogP contribution in [0.3, 0.4) is 0 Å². The molecular weight excluding hydrogens is 240 g/mol. The molecule has 0 aliphatic heterocycles. The third-order valence-corrected chi connectivity index (χ3v) is 4.59. The van der Waals surface area contributed by atoms with E-state index in [1.54, 1.807) is 0 Å². The minimum atomic E-state index is 0.159. The summed E-state index contributed by atoms with van der Waals surface area (Å²) >= 11 is 5.50. The molecule has 0 spiro atoms. The van der Waals surface area contributed by atoms with Gasteiger partial charge in [-0.2, -0.15) is 0 Å². The summed E-state index contributed by atoms with van der Waals surface area (Å²) in [5.74, 6) is 0.883. The fourth-order valence-corrected chi connectivity index (χ4v) is 3.49. The lowest BCUT2D eigenvalue weighted by molar-refractivity contribution is 0.251. The average Bonchev–Trinajstić information content (AvgIpc) is 2.71. The number of aromatic amines is 1. The van der Waals surface area contributed by atoms with Gasteiger partial charge in [0.25, 0.3) is 0 Å². The van der Waals surface area contributed by atoms with Gasteiger partial charge in [-0.3, -0.25) is 0 Å². The number of rotatable bonds is 2. The standard InChI is InChI=1S/C15H26N2S/c1-5-11-7-6-8-12(9-11)17-13(15(2,3)4)10-16-14(17)18/h10-12H,5-9H2,1-4H3,(H,16,18). The van der Waals surface area contributed by atoms with Crippen LogP contribution in [0.4, 0.5) is 0 Å². The van der Waals surface area contributed by atoms with Crippen molar-refractivity contribution in [2.24, 2.45) is 5.92 Å². The largest absolute Gasteiger partial charge is 0.337 e. The molecule has 1 fully saturated rings. The predicted molar refractivity (Wildman–Crippen MR) is 79.6 cm³/mol. The first-order valence-electron chi connectivity index (χ1n) is 7.24. The van der Waals surface area contributed by atoms with Crippen LogP contribution in [-0.2, 0) is 5.41 Å². The van der Waals surface area contributed by atoms with E-state index in [-0.39, 0.29) is 5.41 Å². The molecule has 1 aromatic rings. The van der Waals surface area contributed by atoms with Crippen molar-refractivity contribution >= 4 is 12.2 Å². The van der Waals surface area contributed by atoms with Gasteiger partial charge in [-0.15, -0.1) is 0 Å². The van der Waals surface area contributed by atoms with E-state index in [1.807, 2.05) is 0 Å². The Morgan fingerprint density at radius 1 is 1.39 bits per heavy atom. The monoisotopic (exact) mass is 266 g/mol. The van der Waals surface area contributed by atoms with Gasteiger partial charge >= 0.3 is 0 Å². The van der Waals surface area contributed by atoms with Crippen LogP contribution in [-0.4, -0.2) is 9.55 Å². The number of H-pyrrole nitrogens is 1. The van der Waals surface area contributed by atoms with Crippen LogP contribution in [0.1, 0.15) is 71.5 Å². The molecule has 0 bridgehead atoms. The summed E-state index contributed by atoms with van der Waals surface area (Å²) in [6.45, 7) is 9.11. The van der Waals surface area contributed by atoms with Crippen LogP contribution in [0.5, 0.6) is 0 Å². The van der Waals surface area contributed by atoms with Crippen LogP contribution in [0.2, 0.25) is 0 Å². The predicted octanol–water partition coefficient (Wildman–Crippen LogP) is 4.98. The van der Waals surface area contributed by atoms with E-state index in [4.69, 9.17) is 12.2 Å². The highest BCUT2D eigenvalue weighted by Gasteiger charge is 2.27. The Balaban J connectivity index is 2.33. The third-order valence-electron chi connectivity index (χ3n) is 4.28. The van der Waals surface area contributed by atoms with Crippen LogP contribution in [0.15, 0.2) is 6.20 Å². The molecular formula is C15H26N2S. The van der Waals surface area contributed by atoms with Gasteiger partial charge in [0.05, 0.1) is 0 Å². The summed E-state index contributed by atoms with van der Waals surface area (Å²) in [6.07, 6.45) is 8.74. The van der Waals surface area contributed by atoms with Gasteiger partial charge in [-0.25, -0.2) is 0 Å². The molecule has 2 atom stereocenters. The fraction of sp³-hybridized carbons (Fsp3) is 0.800. The Morgan fingerprint density at radius 3 is 2.72 bits per heavy atom. The molecule has 3 heteroatoms.